The summed E-state index contributed by atoms with van der Waals surface area (Å²) in [6.45, 7) is 5.57. The van der Waals surface area contributed by atoms with E-state index in [1.807, 2.05) is 23.2 Å². The highest BCUT2D eigenvalue weighted by Gasteiger charge is 2.26. The molecule has 0 spiro atoms. The number of carbonyl (C=O) groups is 1. The van der Waals surface area contributed by atoms with Gasteiger partial charge in [-0.05, 0) is 56.0 Å². The number of rotatable bonds is 7. The molecule has 1 aromatic heterocycles. The number of benzene rings is 1. The zero-order valence-electron chi connectivity index (χ0n) is 15.7. The third-order valence-corrected chi connectivity index (χ3v) is 5.18. The number of aromatic nitrogens is 1. The standard InChI is InChI=1S/C22H29N3O/c1-19(26)25(17-21-10-5-13-23-16-21)22-12-7-15-24(18-22)14-6-11-20-8-3-2-4-9-20/h2-5,8-10,13,16,22H,6-7,11-12,14-15,17-18H2,1H3. The maximum atomic E-state index is 12.2. The number of carbonyl (C=O) groups excluding carboxylic acids is 1. The van der Waals surface area contributed by atoms with Gasteiger partial charge < -0.3 is 9.80 Å². The van der Waals surface area contributed by atoms with Crippen molar-refractivity contribution in [2.75, 3.05) is 19.6 Å². The fraction of sp³-hybridized carbons (Fsp3) is 0.455. The molecule has 1 aliphatic heterocycles. The Balaban J connectivity index is 1.53. The van der Waals surface area contributed by atoms with E-state index < -0.39 is 0 Å². The molecule has 1 fully saturated rings. The van der Waals surface area contributed by atoms with Gasteiger partial charge in [0.15, 0.2) is 0 Å². The lowest BCUT2D eigenvalue weighted by molar-refractivity contribution is -0.133. The number of hydrogen-bond acceptors (Lipinski definition) is 3. The van der Waals surface area contributed by atoms with Crippen molar-refractivity contribution in [3.63, 3.8) is 0 Å². The van der Waals surface area contributed by atoms with Crippen molar-refractivity contribution in [2.45, 2.75) is 45.2 Å². The molecular formula is C22H29N3O. The van der Waals surface area contributed by atoms with Crippen LogP contribution in [0.2, 0.25) is 0 Å². The molecule has 2 aromatic rings. The predicted octanol–water partition coefficient (Wildman–Crippen LogP) is 3.53. The van der Waals surface area contributed by atoms with Crippen molar-refractivity contribution in [2.24, 2.45) is 0 Å². The molecule has 1 saturated heterocycles. The highest BCUT2D eigenvalue weighted by molar-refractivity contribution is 5.73. The van der Waals surface area contributed by atoms with Crippen LogP contribution in [0.15, 0.2) is 54.9 Å². The molecule has 4 nitrogen and oxygen atoms in total. The summed E-state index contributed by atoms with van der Waals surface area (Å²) in [6.07, 6.45) is 8.17. The van der Waals surface area contributed by atoms with Crippen LogP contribution in [-0.4, -0.2) is 46.4 Å². The number of piperidine rings is 1. The maximum absolute atomic E-state index is 12.2. The van der Waals surface area contributed by atoms with Crippen LogP contribution in [0, 0.1) is 0 Å². The van der Waals surface area contributed by atoms with Gasteiger partial charge in [-0.1, -0.05) is 36.4 Å². The smallest absolute Gasteiger partial charge is 0.220 e. The zero-order valence-corrected chi connectivity index (χ0v) is 15.7. The predicted molar refractivity (Wildman–Crippen MR) is 105 cm³/mol. The summed E-state index contributed by atoms with van der Waals surface area (Å²) in [4.78, 5) is 21.0. The molecule has 4 heteroatoms. The van der Waals surface area contributed by atoms with Crippen molar-refractivity contribution >= 4 is 5.91 Å². The second kappa shape index (κ2) is 9.48. The molecule has 0 bridgehead atoms. The molecule has 1 unspecified atom stereocenters. The first-order chi connectivity index (χ1) is 12.7. The second-order valence-electron chi connectivity index (χ2n) is 7.19. The van der Waals surface area contributed by atoms with Crippen LogP contribution >= 0.6 is 0 Å². The van der Waals surface area contributed by atoms with E-state index in [4.69, 9.17) is 0 Å². The van der Waals surface area contributed by atoms with Gasteiger partial charge in [0.2, 0.25) is 5.91 Å². The van der Waals surface area contributed by atoms with Crippen molar-refractivity contribution in [3.05, 3.63) is 66.0 Å². The molecule has 0 radical (unpaired) electrons. The topological polar surface area (TPSA) is 36.4 Å². The largest absolute Gasteiger partial charge is 0.334 e. The van der Waals surface area contributed by atoms with Crippen LogP contribution < -0.4 is 0 Å². The Kier molecular flexibility index (Phi) is 6.78. The highest BCUT2D eigenvalue weighted by atomic mass is 16.2. The molecule has 1 aliphatic rings. The lowest BCUT2D eigenvalue weighted by Crippen LogP contribution is -2.49. The van der Waals surface area contributed by atoms with Gasteiger partial charge in [0.05, 0.1) is 0 Å². The third-order valence-electron chi connectivity index (χ3n) is 5.18. The zero-order chi connectivity index (χ0) is 18.2. The first-order valence-electron chi connectivity index (χ1n) is 9.65. The quantitative estimate of drug-likeness (QED) is 0.766. The molecule has 1 aromatic carbocycles. The average Bonchev–Trinajstić information content (AvgIpc) is 2.68. The van der Waals surface area contributed by atoms with Gasteiger partial charge in [0.1, 0.15) is 0 Å². The molecule has 0 N–H and O–H groups in total. The highest BCUT2D eigenvalue weighted by Crippen LogP contribution is 2.19. The van der Waals surface area contributed by atoms with Crippen molar-refractivity contribution < 1.29 is 4.79 Å². The Bertz CT molecular complexity index is 674. The Hall–Kier alpha value is -2.20. The van der Waals surface area contributed by atoms with Crippen LogP contribution in [-0.2, 0) is 17.8 Å². The summed E-state index contributed by atoms with van der Waals surface area (Å²) in [5.74, 6) is 0.157. The van der Waals surface area contributed by atoms with Gasteiger partial charge in [-0.15, -0.1) is 0 Å². The van der Waals surface area contributed by atoms with Crippen molar-refractivity contribution in [1.82, 2.24) is 14.8 Å². The maximum Gasteiger partial charge on any atom is 0.220 e. The van der Waals surface area contributed by atoms with Gasteiger partial charge in [0.25, 0.3) is 0 Å². The molecule has 2 heterocycles. The number of pyridine rings is 1. The normalized spacial score (nSPS) is 17.8. The van der Waals surface area contributed by atoms with E-state index in [1.54, 1.807) is 13.1 Å². The lowest BCUT2D eigenvalue weighted by atomic mass is 10.0. The molecule has 138 valence electrons. The SMILES string of the molecule is CC(=O)N(Cc1cccnc1)C1CCCN(CCCc2ccccc2)C1. The van der Waals surface area contributed by atoms with Gasteiger partial charge in [0, 0.05) is 38.4 Å². The molecule has 26 heavy (non-hydrogen) atoms. The monoisotopic (exact) mass is 351 g/mol. The summed E-state index contributed by atoms with van der Waals surface area (Å²) in [5, 5.41) is 0. The van der Waals surface area contributed by atoms with Gasteiger partial charge in [-0.2, -0.15) is 0 Å². The average molecular weight is 351 g/mol. The summed E-state index contributed by atoms with van der Waals surface area (Å²) >= 11 is 0. The summed E-state index contributed by atoms with van der Waals surface area (Å²) in [5.41, 5.74) is 2.51. The summed E-state index contributed by atoms with van der Waals surface area (Å²) < 4.78 is 0. The molecular weight excluding hydrogens is 322 g/mol. The van der Waals surface area contributed by atoms with Gasteiger partial charge in [-0.3, -0.25) is 9.78 Å². The minimum Gasteiger partial charge on any atom is -0.334 e. The van der Waals surface area contributed by atoms with E-state index in [2.05, 4.69) is 40.2 Å². The van der Waals surface area contributed by atoms with Gasteiger partial charge >= 0.3 is 0 Å². The first-order valence-corrected chi connectivity index (χ1v) is 9.65. The van der Waals surface area contributed by atoms with Crippen LogP contribution in [0.25, 0.3) is 0 Å². The second-order valence-corrected chi connectivity index (χ2v) is 7.19. The van der Waals surface area contributed by atoms with E-state index in [0.29, 0.717) is 12.6 Å². The fourth-order valence-electron chi connectivity index (χ4n) is 3.83. The Morgan fingerprint density at radius 2 is 2.00 bits per heavy atom. The van der Waals surface area contributed by atoms with E-state index in [9.17, 15) is 4.79 Å². The van der Waals surface area contributed by atoms with Crippen molar-refractivity contribution in [1.29, 1.82) is 0 Å². The number of aryl methyl sites for hydroxylation is 1. The fourth-order valence-corrected chi connectivity index (χ4v) is 3.83. The van der Waals surface area contributed by atoms with Crippen LogP contribution in [0.4, 0.5) is 0 Å². The number of hydrogen-bond donors (Lipinski definition) is 0. The van der Waals surface area contributed by atoms with Gasteiger partial charge in [-0.25, -0.2) is 0 Å². The first kappa shape index (κ1) is 18.6. The number of nitrogens with zero attached hydrogens (tertiary/aromatic N) is 3. The molecule has 0 saturated carbocycles. The Labute approximate surface area is 156 Å². The molecule has 1 atom stereocenters. The lowest BCUT2D eigenvalue weighted by Gasteiger charge is -2.39. The van der Waals surface area contributed by atoms with E-state index in [1.165, 1.54) is 12.0 Å². The van der Waals surface area contributed by atoms with Crippen LogP contribution in [0.5, 0.6) is 0 Å². The molecule has 0 aliphatic carbocycles. The molecule has 3 rings (SSSR count). The number of amides is 1. The minimum absolute atomic E-state index is 0.157. The Morgan fingerprint density at radius 3 is 2.73 bits per heavy atom. The third kappa shape index (κ3) is 5.40. The summed E-state index contributed by atoms with van der Waals surface area (Å²) in [7, 11) is 0. The Morgan fingerprint density at radius 1 is 1.19 bits per heavy atom. The minimum atomic E-state index is 0.157. The van der Waals surface area contributed by atoms with E-state index >= 15 is 0 Å². The number of likely N-dealkylation sites (tertiary alicyclic amines) is 1. The molecule has 1 amide bonds. The van der Waals surface area contributed by atoms with Crippen LogP contribution in [0.1, 0.15) is 37.3 Å². The van der Waals surface area contributed by atoms with Crippen molar-refractivity contribution in [3.8, 4) is 0 Å². The van der Waals surface area contributed by atoms with E-state index in [0.717, 1.165) is 44.5 Å². The summed E-state index contributed by atoms with van der Waals surface area (Å²) in [6, 6.07) is 15.0. The van der Waals surface area contributed by atoms with Crippen LogP contribution in [0.3, 0.4) is 0 Å². The van der Waals surface area contributed by atoms with E-state index in [-0.39, 0.29) is 5.91 Å².